The maximum Gasteiger partial charge on any atom is 0.219 e. The molecule has 0 atom stereocenters. The van der Waals surface area contributed by atoms with Crippen molar-refractivity contribution >= 4 is 20.8 Å². The van der Waals surface area contributed by atoms with Crippen molar-refractivity contribution in [3.05, 3.63) is 24.3 Å². The Balaban J connectivity index is 2.70. The molecule has 0 bridgehead atoms. The van der Waals surface area contributed by atoms with E-state index in [4.69, 9.17) is 9.15 Å². The van der Waals surface area contributed by atoms with Crippen LogP contribution in [0.15, 0.2) is 33.8 Å². The molecule has 1 aromatic heterocycles. The number of sulfone groups is 1. The van der Waals surface area contributed by atoms with E-state index in [1.54, 1.807) is 25.1 Å². The molecule has 0 amide bonds. The van der Waals surface area contributed by atoms with E-state index >= 15 is 0 Å². The highest BCUT2D eigenvalue weighted by molar-refractivity contribution is 7.91. The van der Waals surface area contributed by atoms with E-state index in [9.17, 15) is 8.42 Å². The largest absolute Gasteiger partial charge is 0.496 e. The fraction of sp³-hybridized carbons (Fsp3) is 0.273. The van der Waals surface area contributed by atoms with Crippen LogP contribution in [0.5, 0.6) is 5.75 Å². The summed E-state index contributed by atoms with van der Waals surface area (Å²) in [5, 5.41) is 0.673. The van der Waals surface area contributed by atoms with E-state index < -0.39 is 9.84 Å². The normalized spacial score (nSPS) is 11.9. The molecule has 2 rings (SSSR count). The smallest absolute Gasteiger partial charge is 0.219 e. The van der Waals surface area contributed by atoms with Crippen LogP contribution in [-0.2, 0) is 9.84 Å². The second-order valence-corrected chi connectivity index (χ2v) is 5.55. The topological polar surface area (TPSA) is 56.5 Å². The number of ether oxygens (including phenoxy) is 1. The van der Waals surface area contributed by atoms with Gasteiger partial charge in [0.1, 0.15) is 11.3 Å². The van der Waals surface area contributed by atoms with Gasteiger partial charge in [0, 0.05) is 6.07 Å². The SMILES string of the molecule is CCS(=O)(=O)c1cc2c(OC)cccc2o1. The minimum atomic E-state index is -3.31. The summed E-state index contributed by atoms with van der Waals surface area (Å²) in [4.78, 5) is 0. The van der Waals surface area contributed by atoms with Gasteiger partial charge in [-0.2, -0.15) is 0 Å². The molecular formula is C11H12O4S. The first-order chi connectivity index (χ1) is 7.58. The first-order valence-electron chi connectivity index (χ1n) is 4.88. The first kappa shape index (κ1) is 11.0. The van der Waals surface area contributed by atoms with Gasteiger partial charge in [-0.15, -0.1) is 0 Å². The van der Waals surface area contributed by atoms with Crippen molar-refractivity contribution in [3.8, 4) is 5.75 Å². The second kappa shape index (κ2) is 3.83. The van der Waals surface area contributed by atoms with Gasteiger partial charge >= 0.3 is 0 Å². The molecule has 0 saturated carbocycles. The van der Waals surface area contributed by atoms with Crippen LogP contribution in [0.1, 0.15) is 6.92 Å². The Hall–Kier alpha value is -1.49. The van der Waals surface area contributed by atoms with Crippen LogP contribution in [0.4, 0.5) is 0 Å². The third-order valence-corrected chi connectivity index (χ3v) is 3.98. The molecule has 0 fully saturated rings. The van der Waals surface area contributed by atoms with Gasteiger partial charge in [0.15, 0.2) is 0 Å². The van der Waals surface area contributed by atoms with Crippen molar-refractivity contribution in [2.75, 3.05) is 12.9 Å². The van der Waals surface area contributed by atoms with Gasteiger partial charge < -0.3 is 9.15 Å². The molecule has 0 radical (unpaired) electrons. The highest BCUT2D eigenvalue weighted by Gasteiger charge is 2.18. The van der Waals surface area contributed by atoms with Gasteiger partial charge in [-0.3, -0.25) is 0 Å². The van der Waals surface area contributed by atoms with Crippen LogP contribution in [0.2, 0.25) is 0 Å². The lowest BCUT2D eigenvalue weighted by Crippen LogP contribution is -2.01. The summed E-state index contributed by atoms with van der Waals surface area (Å²) in [6, 6.07) is 6.74. The van der Waals surface area contributed by atoms with Crippen molar-refractivity contribution in [2.24, 2.45) is 0 Å². The Morgan fingerprint density at radius 1 is 1.38 bits per heavy atom. The van der Waals surface area contributed by atoms with E-state index in [1.165, 1.54) is 13.2 Å². The molecule has 0 spiro atoms. The monoisotopic (exact) mass is 240 g/mol. The lowest BCUT2D eigenvalue weighted by Gasteiger charge is -1.98. The Kier molecular flexibility index (Phi) is 2.63. The van der Waals surface area contributed by atoms with Crippen LogP contribution >= 0.6 is 0 Å². The summed E-state index contributed by atoms with van der Waals surface area (Å²) in [5.41, 5.74) is 0.520. The van der Waals surface area contributed by atoms with E-state index in [0.717, 1.165) is 0 Å². The number of methoxy groups -OCH3 is 1. The van der Waals surface area contributed by atoms with E-state index in [-0.39, 0.29) is 10.8 Å². The zero-order valence-electron chi connectivity index (χ0n) is 9.06. The molecule has 1 aromatic carbocycles. The number of rotatable bonds is 3. The Morgan fingerprint density at radius 3 is 2.75 bits per heavy atom. The average Bonchev–Trinajstić information content (AvgIpc) is 2.73. The molecule has 0 unspecified atom stereocenters. The third kappa shape index (κ3) is 1.67. The Labute approximate surface area is 93.7 Å². The second-order valence-electron chi connectivity index (χ2n) is 3.34. The van der Waals surface area contributed by atoms with Crippen molar-refractivity contribution in [1.82, 2.24) is 0 Å². The lowest BCUT2D eigenvalue weighted by molar-refractivity contribution is 0.419. The molecule has 0 aliphatic rings. The molecule has 16 heavy (non-hydrogen) atoms. The van der Waals surface area contributed by atoms with E-state index in [2.05, 4.69) is 0 Å². The van der Waals surface area contributed by atoms with Crippen molar-refractivity contribution < 1.29 is 17.6 Å². The summed E-state index contributed by atoms with van der Waals surface area (Å²) in [6.45, 7) is 1.58. The fourth-order valence-electron chi connectivity index (χ4n) is 1.48. The maximum absolute atomic E-state index is 11.6. The first-order valence-corrected chi connectivity index (χ1v) is 6.53. The van der Waals surface area contributed by atoms with Gasteiger partial charge in [0.25, 0.3) is 0 Å². The number of fused-ring (bicyclic) bond motifs is 1. The van der Waals surface area contributed by atoms with Crippen LogP contribution in [0, 0.1) is 0 Å². The van der Waals surface area contributed by atoms with Gasteiger partial charge in [-0.05, 0) is 12.1 Å². The highest BCUT2D eigenvalue weighted by atomic mass is 32.2. The summed E-state index contributed by atoms with van der Waals surface area (Å²) < 4.78 is 33.7. The predicted molar refractivity (Wildman–Crippen MR) is 60.5 cm³/mol. The van der Waals surface area contributed by atoms with Crippen molar-refractivity contribution in [2.45, 2.75) is 12.0 Å². The fourth-order valence-corrected chi connectivity index (χ4v) is 2.28. The molecule has 5 heteroatoms. The number of hydrogen-bond donors (Lipinski definition) is 0. The van der Waals surface area contributed by atoms with Gasteiger partial charge in [-0.25, -0.2) is 8.42 Å². The molecule has 1 heterocycles. The molecule has 0 saturated heterocycles. The predicted octanol–water partition coefficient (Wildman–Crippen LogP) is 2.24. The highest BCUT2D eigenvalue weighted by Crippen LogP contribution is 2.30. The van der Waals surface area contributed by atoms with Gasteiger partial charge in [0.05, 0.1) is 18.2 Å². The standard InChI is InChI=1S/C11H12O4S/c1-3-16(12,13)11-7-8-9(14-2)5-4-6-10(8)15-11/h4-7H,3H2,1-2H3. The van der Waals surface area contributed by atoms with Crippen LogP contribution in [0.25, 0.3) is 11.0 Å². The lowest BCUT2D eigenvalue weighted by atomic mass is 10.2. The molecule has 2 aromatic rings. The van der Waals surface area contributed by atoms with Crippen LogP contribution < -0.4 is 4.74 Å². The number of benzene rings is 1. The Morgan fingerprint density at radius 2 is 2.12 bits per heavy atom. The summed E-state index contributed by atoms with van der Waals surface area (Å²) >= 11 is 0. The van der Waals surface area contributed by atoms with Crippen LogP contribution in [-0.4, -0.2) is 21.3 Å². The molecular weight excluding hydrogens is 228 g/mol. The molecule has 0 aliphatic heterocycles. The zero-order valence-corrected chi connectivity index (χ0v) is 9.87. The van der Waals surface area contributed by atoms with Gasteiger partial charge in [-0.1, -0.05) is 13.0 Å². The maximum atomic E-state index is 11.6. The number of furan rings is 1. The third-order valence-electron chi connectivity index (χ3n) is 2.41. The van der Waals surface area contributed by atoms with E-state index in [0.29, 0.717) is 16.7 Å². The average molecular weight is 240 g/mol. The quantitative estimate of drug-likeness (QED) is 0.825. The van der Waals surface area contributed by atoms with Gasteiger partial charge in [0.2, 0.25) is 14.9 Å². The van der Waals surface area contributed by atoms with Crippen molar-refractivity contribution in [3.63, 3.8) is 0 Å². The van der Waals surface area contributed by atoms with Crippen LogP contribution in [0.3, 0.4) is 0 Å². The molecule has 86 valence electrons. The zero-order chi connectivity index (χ0) is 11.8. The summed E-state index contributed by atoms with van der Waals surface area (Å²) in [6.07, 6.45) is 0. The molecule has 0 aliphatic carbocycles. The van der Waals surface area contributed by atoms with E-state index in [1.807, 2.05) is 0 Å². The minimum absolute atomic E-state index is 0.00509. The number of hydrogen-bond acceptors (Lipinski definition) is 4. The minimum Gasteiger partial charge on any atom is -0.496 e. The Bertz CT molecular complexity index is 610. The molecule has 0 N–H and O–H groups in total. The molecule has 4 nitrogen and oxygen atoms in total. The summed E-state index contributed by atoms with van der Waals surface area (Å²) in [7, 11) is -1.77. The summed E-state index contributed by atoms with van der Waals surface area (Å²) in [5.74, 6) is 0.633. The van der Waals surface area contributed by atoms with Crippen molar-refractivity contribution in [1.29, 1.82) is 0 Å².